The van der Waals surface area contributed by atoms with Gasteiger partial charge in [-0.1, -0.05) is 11.3 Å². The van der Waals surface area contributed by atoms with Gasteiger partial charge in [0.05, 0.1) is 24.6 Å². The Morgan fingerprint density at radius 2 is 2.23 bits per heavy atom. The summed E-state index contributed by atoms with van der Waals surface area (Å²) in [6.07, 6.45) is 1.74. The molecule has 1 aliphatic rings. The maximum Gasteiger partial charge on any atom is 0.335 e. The molecule has 9 heteroatoms. The number of rotatable bonds is 4. The van der Waals surface area contributed by atoms with Crippen LogP contribution in [-0.2, 0) is 16.4 Å². The summed E-state index contributed by atoms with van der Waals surface area (Å²) >= 11 is 0.952. The Balaban J connectivity index is 2.00. The minimum Gasteiger partial charge on any atom is -0.478 e. The van der Waals surface area contributed by atoms with Crippen LogP contribution in [0.2, 0.25) is 0 Å². The summed E-state index contributed by atoms with van der Waals surface area (Å²) in [6, 6.07) is 4.45. The lowest BCUT2D eigenvalue weighted by molar-refractivity contribution is 0.0697. The number of ether oxygens (including phenoxy) is 1. The molecule has 0 spiro atoms. The minimum atomic E-state index is -3.71. The summed E-state index contributed by atoms with van der Waals surface area (Å²) < 4.78 is 31.6. The second-order valence-electron chi connectivity index (χ2n) is 4.63. The Labute approximate surface area is 130 Å². The van der Waals surface area contributed by atoms with Gasteiger partial charge in [-0.05, 0) is 30.2 Å². The van der Waals surface area contributed by atoms with E-state index in [1.165, 1.54) is 35.8 Å². The zero-order valence-corrected chi connectivity index (χ0v) is 13.1. The van der Waals surface area contributed by atoms with Gasteiger partial charge in [0.2, 0.25) is 0 Å². The molecule has 1 aliphatic heterocycles. The molecule has 0 unspecified atom stereocenters. The molecule has 0 amide bonds. The van der Waals surface area contributed by atoms with Gasteiger partial charge in [0, 0.05) is 6.54 Å². The fourth-order valence-corrected chi connectivity index (χ4v) is 4.86. The van der Waals surface area contributed by atoms with E-state index in [0.717, 1.165) is 11.3 Å². The third kappa shape index (κ3) is 2.32. The molecule has 3 rings (SSSR count). The molecule has 22 heavy (non-hydrogen) atoms. The molecule has 7 nitrogen and oxygen atoms in total. The molecule has 1 N–H and O–H groups in total. The molecule has 0 saturated carbocycles. The van der Waals surface area contributed by atoms with Crippen molar-refractivity contribution in [1.82, 2.24) is 4.98 Å². The second-order valence-corrected chi connectivity index (χ2v) is 7.71. The number of carboxylic acid groups (broad SMARTS) is 1. The number of hydrogen-bond acceptors (Lipinski definition) is 6. The summed E-state index contributed by atoms with van der Waals surface area (Å²) in [5.74, 6) is -1.03. The Bertz CT molecular complexity index is 844. The normalized spacial score (nSPS) is 14.0. The third-order valence-corrected chi connectivity index (χ3v) is 6.57. The van der Waals surface area contributed by atoms with Crippen molar-refractivity contribution < 1.29 is 23.1 Å². The molecular weight excluding hydrogens is 328 g/mol. The van der Waals surface area contributed by atoms with E-state index >= 15 is 0 Å². The van der Waals surface area contributed by atoms with Crippen LogP contribution in [0.1, 0.15) is 15.9 Å². The highest BCUT2D eigenvalue weighted by atomic mass is 32.2. The zero-order chi connectivity index (χ0) is 15.9. The van der Waals surface area contributed by atoms with Crippen LogP contribution in [0.15, 0.2) is 28.6 Å². The predicted molar refractivity (Wildman–Crippen MR) is 80.3 cm³/mol. The lowest BCUT2D eigenvalue weighted by atomic mass is 10.1. The summed E-state index contributed by atoms with van der Waals surface area (Å²) in [7, 11) is -2.29. The van der Waals surface area contributed by atoms with E-state index in [9.17, 15) is 13.2 Å². The lowest BCUT2D eigenvalue weighted by Crippen LogP contribution is -2.28. The molecule has 0 saturated heterocycles. The smallest absolute Gasteiger partial charge is 0.335 e. The fraction of sp³-hybridized carbons (Fsp3) is 0.231. The molecule has 0 bridgehead atoms. The number of hydrogen-bond donors (Lipinski definition) is 1. The van der Waals surface area contributed by atoms with Crippen LogP contribution in [0.25, 0.3) is 0 Å². The van der Waals surface area contributed by atoms with Crippen LogP contribution in [0.3, 0.4) is 0 Å². The van der Waals surface area contributed by atoms with Crippen molar-refractivity contribution in [2.75, 3.05) is 18.0 Å². The number of nitrogens with zero attached hydrogens (tertiary/aromatic N) is 2. The number of carboxylic acids is 1. The third-order valence-electron chi connectivity index (χ3n) is 3.36. The molecule has 1 aromatic carbocycles. The average Bonchev–Trinajstić information content (AvgIpc) is 3.13. The van der Waals surface area contributed by atoms with E-state index in [1.807, 2.05) is 0 Å². The largest absolute Gasteiger partial charge is 0.478 e. The molecule has 0 fully saturated rings. The first-order valence-electron chi connectivity index (χ1n) is 6.32. The Morgan fingerprint density at radius 1 is 1.45 bits per heavy atom. The van der Waals surface area contributed by atoms with E-state index < -0.39 is 16.0 Å². The first kappa shape index (κ1) is 14.8. The van der Waals surface area contributed by atoms with Gasteiger partial charge >= 0.3 is 5.97 Å². The zero-order valence-electron chi connectivity index (χ0n) is 11.5. The van der Waals surface area contributed by atoms with Crippen molar-refractivity contribution in [3.63, 3.8) is 0 Å². The Hall–Kier alpha value is -2.13. The molecule has 0 aliphatic carbocycles. The number of thiazole rings is 1. The number of aromatic nitrogens is 1. The molecule has 2 aromatic rings. The van der Waals surface area contributed by atoms with Crippen molar-refractivity contribution in [2.24, 2.45) is 0 Å². The van der Waals surface area contributed by atoms with Crippen LogP contribution < -0.4 is 9.04 Å². The van der Waals surface area contributed by atoms with E-state index in [1.54, 1.807) is 0 Å². The number of sulfonamides is 1. The van der Waals surface area contributed by atoms with Gasteiger partial charge in [-0.15, -0.1) is 0 Å². The highest BCUT2D eigenvalue weighted by Gasteiger charge is 2.33. The standard InChI is InChI=1S/C13H12N2O5S2/c1-20-13-14-7-11(21-13)22(18,19)15-5-4-8-6-9(12(16)17)2-3-10(8)15/h2-3,6-7H,4-5H2,1H3,(H,16,17). The monoisotopic (exact) mass is 340 g/mol. The van der Waals surface area contributed by atoms with E-state index in [0.29, 0.717) is 17.7 Å². The van der Waals surface area contributed by atoms with Crippen molar-refractivity contribution in [2.45, 2.75) is 10.6 Å². The second kappa shape index (κ2) is 5.25. The topological polar surface area (TPSA) is 96.8 Å². The Morgan fingerprint density at radius 3 is 2.86 bits per heavy atom. The quantitative estimate of drug-likeness (QED) is 0.908. The number of anilines is 1. The summed E-state index contributed by atoms with van der Waals surface area (Å²) in [6.45, 7) is 0.279. The van der Waals surface area contributed by atoms with Gasteiger partial charge in [-0.2, -0.15) is 0 Å². The summed E-state index contributed by atoms with van der Waals surface area (Å²) in [5.41, 5.74) is 1.37. The van der Waals surface area contributed by atoms with Gasteiger partial charge in [0.25, 0.3) is 15.2 Å². The van der Waals surface area contributed by atoms with Crippen LogP contribution in [0.5, 0.6) is 5.19 Å². The van der Waals surface area contributed by atoms with Crippen LogP contribution in [0.4, 0.5) is 5.69 Å². The van der Waals surface area contributed by atoms with Gasteiger partial charge in [0.15, 0.2) is 4.21 Å². The van der Waals surface area contributed by atoms with E-state index in [2.05, 4.69) is 4.98 Å². The highest BCUT2D eigenvalue weighted by Crippen LogP contribution is 2.36. The number of aromatic carboxylic acids is 1. The Kier molecular flexibility index (Phi) is 3.53. The predicted octanol–water partition coefficient (Wildman–Crippen LogP) is 1.60. The fourth-order valence-electron chi connectivity index (χ4n) is 2.32. The van der Waals surface area contributed by atoms with E-state index in [-0.39, 0.29) is 21.5 Å². The molecule has 2 heterocycles. The highest BCUT2D eigenvalue weighted by molar-refractivity contribution is 7.94. The van der Waals surface area contributed by atoms with Crippen molar-refractivity contribution in [1.29, 1.82) is 0 Å². The van der Waals surface area contributed by atoms with Crippen LogP contribution in [0, 0.1) is 0 Å². The first-order chi connectivity index (χ1) is 10.4. The lowest BCUT2D eigenvalue weighted by Gasteiger charge is -2.18. The summed E-state index contributed by atoms with van der Waals surface area (Å²) in [5, 5.41) is 9.27. The van der Waals surface area contributed by atoms with Gasteiger partial charge in [-0.3, -0.25) is 4.31 Å². The van der Waals surface area contributed by atoms with Gasteiger partial charge < -0.3 is 9.84 Å². The van der Waals surface area contributed by atoms with E-state index in [4.69, 9.17) is 9.84 Å². The van der Waals surface area contributed by atoms with Crippen LogP contribution >= 0.6 is 11.3 Å². The number of methoxy groups -OCH3 is 1. The first-order valence-corrected chi connectivity index (χ1v) is 8.58. The van der Waals surface area contributed by atoms with Crippen molar-refractivity contribution >= 4 is 33.0 Å². The maximum atomic E-state index is 12.7. The maximum absolute atomic E-state index is 12.7. The van der Waals surface area contributed by atoms with Crippen molar-refractivity contribution in [3.8, 4) is 5.19 Å². The molecule has 1 aromatic heterocycles. The molecule has 0 radical (unpaired) electrons. The molecule has 116 valence electrons. The molecular formula is C13H12N2O5S2. The van der Waals surface area contributed by atoms with Gasteiger partial charge in [0.1, 0.15) is 0 Å². The van der Waals surface area contributed by atoms with Crippen LogP contribution in [-0.4, -0.2) is 38.1 Å². The SMILES string of the molecule is COc1ncc(S(=O)(=O)N2CCc3cc(C(=O)O)ccc32)s1. The van der Waals surface area contributed by atoms with Crippen molar-refractivity contribution in [3.05, 3.63) is 35.5 Å². The number of fused-ring (bicyclic) bond motifs is 1. The number of carbonyl (C=O) groups is 1. The number of benzene rings is 1. The molecule has 0 atom stereocenters. The summed E-state index contributed by atoms with van der Waals surface area (Å²) in [4.78, 5) is 14.9. The minimum absolute atomic E-state index is 0.0968. The average molecular weight is 340 g/mol. The van der Waals surface area contributed by atoms with Gasteiger partial charge in [-0.25, -0.2) is 18.2 Å².